The fourth-order valence-corrected chi connectivity index (χ4v) is 2.64. The van der Waals surface area contributed by atoms with Crippen LogP contribution in [0.1, 0.15) is 18.4 Å². The predicted molar refractivity (Wildman–Crippen MR) is 84.4 cm³/mol. The number of fused-ring (bicyclic) bond motifs is 1. The number of benzene rings is 1. The van der Waals surface area contributed by atoms with Crippen LogP contribution in [-0.4, -0.2) is 27.6 Å². The average molecular weight is 295 g/mol. The molecule has 0 N–H and O–H groups in total. The smallest absolute Gasteiger partial charge is 0.293 e. The quantitative estimate of drug-likeness (QED) is 0.679. The van der Waals surface area contributed by atoms with E-state index in [1.54, 1.807) is 12.5 Å². The maximum atomic E-state index is 10.4. The Kier molecular flexibility index (Phi) is 3.87. The summed E-state index contributed by atoms with van der Waals surface area (Å²) in [6.07, 6.45) is 5.37. The SMILES string of the molecule is CC(COC=O)c1cncnc1-c1ccc2c(ccn2C)c1. The Morgan fingerprint density at radius 1 is 1.36 bits per heavy atom. The molecule has 0 spiro atoms. The van der Waals surface area contributed by atoms with Gasteiger partial charge in [-0.3, -0.25) is 4.79 Å². The lowest BCUT2D eigenvalue weighted by Crippen LogP contribution is -2.06. The summed E-state index contributed by atoms with van der Waals surface area (Å²) in [5, 5.41) is 1.17. The lowest BCUT2D eigenvalue weighted by molar-refractivity contribution is -0.129. The molecule has 5 nitrogen and oxygen atoms in total. The molecule has 0 amide bonds. The summed E-state index contributed by atoms with van der Waals surface area (Å²) in [6, 6.07) is 8.34. The largest absolute Gasteiger partial charge is 0.467 e. The second-order valence-electron chi connectivity index (χ2n) is 5.36. The van der Waals surface area contributed by atoms with Gasteiger partial charge >= 0.3 is 0 Å². The van der Waals surface area contributed by atoms with E-state index in [0.717, 1.165) is 16.8 Å². The van der Waals surface area contributed by atoms with Gasteiger partial charge in [0.25, 0.3) is 6.47 Å². The molecule has 0 radical (unpaired) electrons. The summed E-state index contributed by atoms with van der Waals surface area (Å²) in [5.74, 6) is 0.0351. The monoisotopic (exact) mass is 295 g/mol. The van der Waals surface area contributed by atoms with Gasteiger partial charge in [-0.1, -0.05) is 13.0 Å². The number of rotatable bonds is 5. The zero-order valence-electron chi connectivity index (χ0n) is 12.6. The molecule has 22 heavy (non-hydrogen) atoms. The third-order valence-corrected chi connectivity index (χ3v) is 3.84. The number of ether oxygens (including phenoxy) is 1. The van der Waals surface area contributed by atoms with Gasteiger partial charge in [0.2, 0.25) is 0 Å². The molecular formula is C17H17N3O2. The van der Waals surface area contributed by atoms with Crippen LogP contribution >= 0.6 is 0 Å². The molecule has 0 fully saturated rings. The van der Waals surface area contributed by atoms with Crippen molar-refractivity contribution in [1.29, 1.82) is 0 Å². The number of aryl methyl sites for hydroxylation is 1. The average Bonchev–Trinajstić information content (AvgIpc) is 2.93. The maximum absolute atomic E-state index is 10.4. The third kappa shape index (κ3) is 2.57. The molecule has 0 aliphatic carbocycles. The lowest BCUT2D eigenvalue weighted by atomic mass is 9.97. The molecule has 3 aromatic rings. The first-order chi connectivity index (χ1) is 10.7. The minimum Gasteiger partial charge on any atom is -0.467 e. The van der Waals surface area contributed by atoms with Crippen LogP contribution in [0.15, 0.2) is 43.0 Å². The summed E-state index contributed by atoms with van der Waals surface area (Å²) >= 11 is 0. The van der Waals surface area contributed by atoms with E-state index < -0.39 is 0 Å². The Morgan fingerprint density at radius 3 is 3.05 bits per heavy atom. The van der Waals surface area contributed by atoms with E-state index in [1.165, 1.54) is 10.9 Å². The molecule has 112 valence electrons. The Balaban J connectivity index is 2.04. The second-order valence-corrected chi connectivity index (χ2v) is 5.36. The van der Waals surface area contributed by atoms with Gasteiger partial charge in [-0.25, -0.2) is 9.97 Å². The van der Waals surface area contributed by atoms with Crippen LogP contribution in [0, 0.1) is 0 Å². The van der Waals surface area contributed by atoms with Crippen molar-refractivity contribution in [3.8, 4) is 11.3 Å². The highest BCUT2D eigenvalue weighted by Crippen LogP contribution is 2.29. The van der Waals surface area contributed by atoms with Crippen molar-refractivity contribution in [2.75, 3.05) is 6.61 Å². The van der Waals surface area contributed by atoms with Gasteiger partial charge in [0.1, 0.15) is 6.33 Å². The highest BCUT2D eigenvalue weighted by Gasteiger charge is 2.15. The topological polar surface area (TPSA) is 57.0 Å². The van der Waals surface area contributed by atoms with Gasteiger partial charge in [-0.15, -0.1) is 0 Å². The number of carbonyl (C=O) groups is 1. The van der Waals surface area contributed by atoms with Gasteiger partial charge < -0.3 is 9.30 Å². The Hall–Kier alpha value is -2.69. The molecule has 3 rings (SSSR count). The van der Waals surface area contributed by atoms with E-state index in [2.05, 4.69) is 38.8 Å². The maximum Gasteiger partial charge on any atom is 0.293 e. The first-order valence-electron chi connectivity index (χ1n) is 7.11. The molecule has 0 saturated heterocycles. The Bertz CT molecular complexity index is 811. The molecule has 2 heterocycles. The van der Waals surface area contributed by atoms with Crippen molar-refractivity contribution in [2.45, 2.75) is 12.8 Å². The molecule has 1 aromatic carbocycles. The summed E-state index contributed by atoms with van der Waals surface area (Å²) in [5.41, 5.74) is 4.06. The predicted octanol–water partition coefficient (Wildman–Crippen LogP) is 2.91. The van der Waals surface area contributed by atoms with Crippen molar-refractivity contribution in [2.24, 2.45) is 7.05 Å². The number of carbonyl (C=O) groups excluding carboxylic acids is 1. The molecule has 0 aliphatic heterocycles. The van der Waals surface area contributed by atoms with Gasteiger partial charge in [0.15, 0.2) is 0 Å². The summed E-state index contributed by atoms with van der Waals surface area (Å²) < 4.78 is 6.96. The minimum atomic E-state index is 0.0351. The zero-order valence-corrected chi connectivity index (χ0v) is 12.6. The standard InChI is InChI=1S/C17H17N3O2/c1-12(9-22-11-21)15-8-18-10-19-17(15)14-3-4-16-13(7-14)5-6-20(16)2/h3-8,10-12H,9H2,1-2H3. The lowest BCUT2D eigenvalue weighted by Gasteiger charge is -2.14. The molecule has 0 saturated carbocycles. The van der Waals surface area contributed by atoms with Crippen LogP contribution in [0.2, 0.25) is 0 Å². The number of hydrogen-bond donors (Lipinski definition) is 0. The second kappa shape index (κ2) is 5.97. The van der Waals surface area contributed by atoms with Crippen LogP contribution in [0.3, 0.4) is 0 Å². The molecule has 0 aliphatic rings. The van der Waals surface area contributed by atoms with Crippen LogP contribution in [0.4, 0.5) is 0 Å². The fourth-order valence-electron chi connectivity index (χ4n) is 2.64. The van der Waals surface area contributed by atoms with Crippen molar-refractivity contribution in [3.05, 3.63) is 48.5 Å². The Labute approximate surface area is 128 Å². The highest BCUT2D eigenvalue weighted by molar-refractivity contribution is 5.85. The van der Waals surface area contributed by atoms with Crippen molar-refractivity contribution in [3.63, 3.8) is 0 Å². The zero-order chi connectivity index (χ0) is 15.5. The first-order valence-corrected chi connectivity index (χ1v) is 7.11. The third-order valence-electron chi connectivity index (χ3n) is 3.84. The van der Waals surface area contributed by atoms with Gasteiger partial charge in [-0.05, 0) is 18.2 Å². The number of hydrogen-bond acceptors (Lipinski definition) is 4. The molecule has 1 atom stereocenters. The first kappa shape index (κ1) is 14.3. The van der Waals surface area contributed by atoms with Crippen LogP contribution in [-0.2, 0) is 16.6 Å². The minimum absolute atomic E-state index is 0.0351. The van der Waals surface area contributed by atoms with E-state index in [0.29, 0.717) is 13.1 Å². The van der Waals surface area contributed by atoms with Gasteiger partial charge in [-0.2, -0.15) is 0 Å². The Morgan fingerprint density at radius 2 is 2.23 bits per heavy atom. The molecule has 5 heteroatoms. The van der Waals surface area contributed by atoms with E-state index in [1.807, 2.05) is 20.2 Å². The number of aromatic nitrogens is 3. The van der Waals surface area contributed by atoms with Gasteiger partial charge in [0.05, 0.1) is 12.3 Å². The van der Waals surface area contributed by atoms with E-state index >= 15 is 0 Å². The molecular weight excluding hydrogens is 278 g/mol. The number of nitrogens with zero attached hydrogens (tertiary/aromatic N) is 3. The van der Waals surface area contributed by atoms with Crippen molar-refractivity contribution >= 4 is 17.4 Å². The summed E-state index contributed by atoms with van der Waals surface area (Å²) in [4.78, 5) is 18.9. The molecule has 2 aromatic heterocycles. The van der Waals surface area contributed by atoms with E-state index in [4.69, 9.17) is 4.74 Å². The molecule has 0 bridgehead atoms. The normalized spacial score (nSPS) is 12.3. The van der Waals surface area contributed by atoms with E-state index in [9.17, 15) is 4.79 Å². The van der Waals surface area contributed by atoms with Crippen LogP contribution < -0.4 is 0 Å². The highest BCUT2D eigenvalue weighted by atomic mass is 16.5. The summed E-state index contributed by atoms with van der Waals surface area (Å²) in [6.45, 7) is 2.78. The molecule has 1 unspecified atom stereocenters. The fraction of sp³-hybridized carbons (Fsp3) is 0.235. The van der Waals surface area contributed by atoms with E-state index in [-0.39, 0.29) is 5.92 Å². The van der Waals surface area contributed by atoms with Crippen LogP contribution in [0.25, 0.3) is 22.2 Å². The van der Waals surface area contributed by atoms with Crippen molar-refractivity contribution < 1.29 is 9.53 Å². The van der Waals surface area contributed by atoms with Gasteiger partial charge in [0, 0.05) is 47.4 Å². The summed E-state index contributed by atoms with van der Waals surface area (Å²) in [7, 11) is 2.02. The van der Waals surface area contributed by atoms with Crippen molar-refractivity contribution in [1.82, 2.24) is 14.5 Å². The van der Waals surface area contributed by atoms with Crippen LogP contribution in [0.5, 0.6) is 0 Å².